The first kappa shape index (κ1) is 21.6. The molecule has 0 aliphatic carbocycles. The van der Waals surface area contributed by atoms with Gasteiger partial charge < -0.3 is 9.55 Å². The second kappa shape index (κ2) is 8.52. The van der Waals surface area contributed by atoms with E-state index in [4.69, 9.17) is 0 Å². The average molecular weight is 401 g/mol. The second-order valence-electron chi connectivity index (χ2n) is 6.29. The summed E-state index contributed by atoms with van der Waals surface area (Å²) in [5.41, 5.74) is 1.63. The van der Waals surface area contributed by atoms with Crippen molar-refractivity contribution >= 4 is 21.6 Å². The van der Waals surface area contributed by atoms with E-state index in [1.165, 1.54) is 11.3 Å². The van der Waals surface area contributed by atoms with Crippen LogP contribution in [0.15, 0.2) is 29.5 Å². The average Bonchev–Trinajstić information content (AvgIpc) is 3.35. The summed E-state index contributed by atoms with van der Waals surface area (Å²) in [5, 5.41) is 5.25. The summed E-state index contributed by atoms with van der Waals surface area (Å²) in [6, 6.07) is 2.27. The van der Waals surface area contributed by atoms with Crippen LogP contribution >= 0.6 is 11.3 Å². The number of aromatic amines is 1. The molecule has 0 saturated heterocycles. The highest BCUT2D eigenvalue weighted by Gasteiger charge is 2.18. The van der Waals surface area contributed by atoms with Crippen LogP contribution in [-0.4, -0.2) is 29.3 Å². The lowest BCUT2D eigenvalue weighted by atomic mass is 10.2. The molecule has 1 N–H and O–H groups in total. The topological polar surface area (TPSA) is 81.4 Å². The predicted octanol–water partition coefficient (Wildman–Crippen LogP) is 4.80. The summed E-state index contributed by atoms with van der Waals surface area (Å²) in [5.74, 6) is 1.11. The van der Waals surface area contributed by atoms with Crippen molar-refractivity contribution in [3.05, 3.63) is 40.6 Å². The van der Waals surface area contributed by atoms with Gasteiger partial charge in [0.05, 0.1) is 10.3 Å². The van der Waals surface area contributed by atoms with Crippen molar-refractivity contribution < 1.29 is 0 Å². The van der Waals surface area contributed by atoms with E-state index < -0.39 is 0 Å². The molecule has 4 aromatic heterocycles. The first-order valence-electron chi connectivity index (χ1n) is 9.02. The third kappa shape index (κ3) is 3.64. The van der Waals surface area contributed by atoms with Crippen LogP contribution in [-0.2, 0) is 7.05 Å². The lowest BCUT2D eigenvalue weighted by Crippen LogP contribution is -2.10. The van der Waals surface area contributed by atoms with E-state index in [9.17, 15) is 4.79 Å². The zero-order valence-electron chi connectivity index (χ0n) is 16.4. The minimum Gasteiger partial charge on any atom is -0.331 e. The first-order chi connectivity index (χ1) is 13.0. The summed E-state index contributed by atoms with van der Waals surface area (Å²) in [6.07, 6.45) is 5.47. The lowest BCUT2D eigenvalue weighted by molar-refractivity contribution is 0.534. The number of nitrogens with zero attached hydrogens (tertiary/aromatic N) is 5. The normalized spacial score (nSPS) is 10.7. The Morgan fingerprint density at radius 1 is 1.21 bits per heavy atom. The maximum absolute atomic E-state index is 12.6. The van der Waals surface area contributed by atoms with Gasteiger partial charge in [-0.05, 0) is 32.4 Å². The standard InChI is InChI=1S/C17H18N6OS.C2H6.CH4/c1-9(2)23-7-5-11(21-23)13-10(3)12-16(24)19-14(20-17(12)25-13)15-18-6-8-22(15)4;1-2;/h5-9H,1-4H3,(H,19,20,24);1-2H3;1H4. The van der Waals surface area contributed by atoms with Crippen molar-refractivity contribution in [3.8, 4) is 22.2 Å². The van der Waals surface area contributed by atoms with Gasteiger partial charge in [0, 0.05) is 31.7 Å². The summed E-state index contributed by atoms with van der Waals surface area (Å²) >= 11 is 1.49. The van der Waals surface area contributed by atoms with Crippen LogP contribution in [0.3, 0.4) is 0 Å². The molecule has 7 nitrogen and oxygen atoms in total. The number of aryl methyl sites for hydroxylation is 2. The fourth-order valence-electron chi connectivity index (χ4n) is 2.83. The van der Waals surface area contributed by atoms with Crippen molar-refractivity contribution in [1.29, 1.82) is 0 Å². The van der Waals surface area contributed by atoms with Crippen molar-refractivity contribution in [2.24, 2.45) is 7.05 Å². The van der Waals surface area contributed by atoms with Gasteiger partial charge in [0.2, 0.25) is 0 Å². The van der Waals surface area contributed by atoms with Gasteiger partial charge in [0.25, 0.3) is 5.56 Å². The SMILES string of the molecule is C.CC.Cc1c(-c2ccn(C(C)C)n2)sc2nc(-c3nccn3C)[nH]c(=O)c12. The van der Waals surface area contributed by atoms with Crippen molar-refractivity contribution in [2.75, 3.05) is 0 Å². The van der Waals surface area contributed by atoms with Gasteiger partial charge in [0.15, 0.2) is 11.6 Å². The molecule has 150 valence electrons. The van der Waals surface area contributed by atoms with Crippen LogP contribution in [0, 0.1) is 6.92 Å². The zero-order chi connectivity index (χ0) is 19.7. The van der Waals surface area contributed by atoms with Crippen LogP contribution in [0.2, 0.25) is 0 Å². The lowest BCUT2D eigenvalue weighted by Gasteiger charge is -2.03. The van der Waals surface area contributed by atoms with Gasteiger partial charge in [-0.15, -0.1) is 11.3 Å². The van der Waals surface area contributed by atoms with Gasteiger partial charge in [-0.1, -0.05) is 21.3 Å². The Hall–Kier alpha value is -2.74. The largest absolute Gasteiger partial charge is 0.331 e. The van der Waals surface area contributed by atoms with Crippen molar-refractivity contribution in [3.63, 3.8) is 0 Å². The Bertz CT molecular complexity index is 1130. The van der Waals surface area contributed by atoms with E-state index in [1.807, 2.05) is 55.5 Å². The highest BCUT2D eigenvalue weighted by molar-refractivity contribution is 7.22. The van der Waals surface area contributed by atoms with E-state index in [0.717, 1.165) is 16.1 Å². The summed E-state index contributed by atoms with van der Waals surface area (Å²) < 4.78 is 3.74. The zero-order valence-corrected chi connectivity index (χ0v) is 17.3. The molecule has 0 spiro atoms. The van der Waals surface area contributed by atoms with Gasteiger partial charge in [-0.3, -0.25) is 9.48 Å². The molecule has 4 heterocycles. The number of aromatic nitrogens is 6. The molecule has 28 heavy (non-hydrogen) atoms. The quantitative estimate of drug-likeness (QED) is 0.535. The smallest absolute Gasteiger partial charge is 0.260 e. The number of hydrogen-bond donors (Lipinski definition) is 1. The van der Waals surface area contributed by atoms with Gasteiger partial charge >= 0.3 is 0 Å². The van der Waals surface area contributed by atoms with Crippen molar-refractivity contribution in [2.45, 2.75) is 48.1 Å². The molecular weight excluding hydrogens is 372 g/mol. The molecule has 0 bridgehead atoms. The van der Waals surface area contributed by atoms with Gasteiger partial charge in [-0.25, -0.2) is 9.97 Å². The summed E-state index contributed by atoms with van der Waals surface area (Å²) in [7, 11) is 1.87. The molecule has 0 unspecified atom stereocenters. The van der Waals surface area contributed by atoms with Crippen molar-refractivity contribution in [1.82, 2.24) is 29.3 Å². The molecule has 0 aliphatic heterocycles. The van der Waals surface area contributed by atoms with Crippen LogP contribution < -0.4 is 5.56 Å². The minimum absolute atomic E-state index is 0. The molecule has 0 aliphatic rings. The maximum atomic E-state index is 12.6. The van der Waals surface area contributed by atoms with Crippen LogP contribution in [0.25, 0.3) is 32.4 Å². The monoisotopic (exact) mass is 400 g/mol. The van der Waals surface area contributed by atoms with E-state index in [2.05, 4.69) is 33.9 Å². The fourth-order valence-corrected chi connectivity index (χ4v) is 3.98. The highest BCUT2D eigenvalue weighted by atomic mass is 32.1. The third-order valence-corrected chi connectivity index (χ3v) is 5.41. The maximum Gasteiger partial charge on any atom is 0.260 e. The Balaban J connectivity index is 0.000000906. The number of thiophene rings is 1. The molecular formula is C20H28N6OS. The summed E-state index contributed by atoms with van der Waals surface area (Å²) in [6.45, 7) is 10.1. The third-order valence-electron chi connectivity index (χ3n) is 4.20. The first-order valence-corrected chi connectivity index (χ1v) is 9.84. The Kier molecular flexibility index (Phi) is 6.56. The summed E-state index contributed by atoms with van der Waals surface area (Å²) in [4.78, 5) is 26.1. The molecule has 4 rings (SSSR count). The predicted molar refractivity (Wildman–Crippen MR) is 117 cm³/mol. The molecule has 0 radical (unpaired) electrons. The molecule has 0 fully saturated rings. The Morgan fingerprint density at radius 3 is 2.50 bits per heavy atom. The minimum atomic E-state index is -0.147. The fraction of sp³-hybridized carbons (Fsp3) is 0.400. The number of H-pyrrole nitrogens is 1. The van der Waals surface area contributed by atoms with Crippen LogP contribution in [0.4, 0.5) is 0 Å². The van der Waals surface area contributed by atoms with Crippen LogP contribution in [0.5, 0.6) is 0 Å². The number of rotatable bonds is 3. The number of fused-ring (bicyclic) bond motifs is 1. The second-order valence-corrected chi connectivity index (χ2v) is 7.29. The highest BCUT2D eigenvalue weighted by Crippen LogP contribution is 2.35. The molecule has 4 aromatic rings. The van der Waals surface area contributed by atoms with E-state index >= 15 is 0 Å². The molecule has 0 amide bonds. The van der Waals surface area contributed by atoms with E-state index in [-0.39, 0.29) is 13.0 Å². The molecule has 0 saturated carbocycles. The van der Waals surface area contributed by atoms with Gasteiger partial charge in [-0.2, -0.15) is 5.10 Å². The number of hydrogen-bond acceptors (Lipinski definition) is 5. The van der Waals surface area contributed by atoms with Crippen LogP contribution in [0.1, 0.15) is 46.7 Å². The van der Waals surface area contributed by atoms with E-state index in [0.29, 0.717) is 27.9 Å². The number of nitrogens with one attached hydrogen (secondary N) is 1. The molecule has 8 heteroatoms. The van der Waals surface area contributed by atoms with E-state index in [1.54, 1.807) is 6.20 Å². The van der Waals surface area contributed by atoms with Gasteiger partial charge in [0.1, 0.15) is 10.5 Å². The Labute approximate surface area is 169 Å². The number of imidazole rings is 1. The Morgan fingerprint density at radius 2 is 1.93 bits per heavy atom. The molecule has 0 atom stereocenters. The molecule has 0 aromatic carbocycles.